The number of benzene rings is 2. The van der Waals surface area contributed by atoms with Gasteiger partial charge in [0.05, 0.1) is 18.8 Å². The monoisotopic (exact) mass is 518 g/mol. The van der Waals surface area contributed by atoms with Gasteiger partial charge in [-0.05, 0) is 34.7 Å². The maximum absolute atomic E-state index is 12.3. The fourth-order valence-electron chi connectivity index (χ4n) is 4.92. The summed E-state index contributed by atoms with van der Waals surface area (Å²) in [6.45, 7) is 7.31. The van der Waals surface area contributed by atoms with E-state index in [1.54, 1.807) is 0 Å². The first-order valence-corrected chi connectivity index (χ1v) is 15.9. The van der Waals surface area contributed by atoms with Crippen LogP contribution in [0.15, 0.2) is 60.7 Å². The van der Waals surface area contributed by atoms with Crippen molar-refractivity contribution < 1.29 is 27.6 Å². The highest BCUT2D eigenvalue weighted by atomic mass is 31.2. The molecule has 1 unspecified atom stereocenters. The van der Waals surface area contributed by atoms with E-state index in [1.165, 1.54) is 24.6 Å². The lowest BCUT2D eigenvalue weighted by Gasteiger charge is -2.43. The quantitative estimate of drug-likeness (QED) is 0.293. The Kier molecular flexibility index (Phi) is 9.66. The minimum Gasteiger partial charge on any atom is -0.405 e. The number of rotatable bonds is 12. The van der Waals surface area contributed by atoms with Gasteiger partial charge in [0.15, 0.2) is 0 Å². The molecule has 6 nitrogen and oxygen atoms in total. The zero-order valence-corrected chi connectivity index (χ0v) is 23.5. The molecule has 1 aliphatic rings. The van der Waals surface area contributed by atoms with Crippen molar-refractivity contribution in [2.24, 2.45) is 0 Å². The highest BCUT2D eigenvalue weighted by molar-refractivity contribution is 7.54. The van der Waals surface area contributed by atoms with E-state index in [2.05, 4.69) is 69.3 Å². The first kappa shape index (κ1) is 28.0. The molecule has 0 aliphatic carbocycles. The summed E-state index contributed by atoms with van der Waals surface area (Å²) in [6.07, 6.45) is 2.45. The molecule has 1 aliphatic heterocycles. The summed E-state index contributed by atoms with van der Waals surface area (Å²) < 4.78 is 35.2. The van der Waals surface area contributed by atoms with Crippen LogP contribution >= 0.6 is 7.60 Å². The Bertz CT molecular complexity index is 944. The Morgan fingerprint density at radius 3 is 1.94 bits per heavy atom. The molecule has 0 aromatic heterocycles. The van der Waals surface area contributed by atoms with E-state index in [-0.39, 0.29) is 29.2 Å². The van der Waals surface area contributed by atoms with Crippen molar-refractivity contribution in [2.45, 2.75) is 63.7 Å². The second kappa shape index (κ2) is 12.1. The Labute approximate surface area is 211 Å². The van der Waals surface area contributed by atoms with Crippen LogP contribution in [-0.2, 0) is 27.6 Å². The van der Waals surface area contributed by atoms with Crippen molar-refractivity contribution in [2.75, 3.05) is 27.0 Å². The van der Waals surface area contributed by atoms with Gasteiger partial charge in [0, 0.05) is 20.6 Å². The molecule has 0 radical (unpaired) electrons. The second-order valence-electron chi connectivity index (χ2n) is 10.1. The van der Waals surface area contributed by atoms with E-state index < -0.39 is 15.9 Å². The molecule has 0 spiro atoms. The van der Waals surface area contributed by atoms with Crippen LogP contribution in [0.1, 0.15) is 46.5 Å². The molecule has 35 heavy (non-hydrogen) atoms. The zero-order chi connectivity index (χ0) is 25.5. The molecule has 0 N–H and O–H groups in total. The van der Waals surface area contributed by atoms with Crippen molar-refractivity contribution in [1.82, 2.24) is 0 Å². The molecule has 2 atom stereocenters. The van der Waals surface area contributed by atoms with Gasteiger partial charge >= 0.3 is 7.60 Å². The van der Waals surface area contributed by atoms with Gasteiger partial charge < -0.3 is 18.2 Å². The number of Topliss-reactive ketones (excluding diaryl/α,β-unsaturated/α-hetero) is 1. The van der Waals surface area contributed by atoms with Gasteiger partial charge in [-0.25, -0.2) is 0 Å². The lowest BCUT2D eigenvalue weighted by atomic mass is 10.1. The van der Waals surface area contributed by atoms with Crippen LogP contribution in [0.3, 0.4) is 0 Å². The van der Waals surface area contributed by atoms with Crippen LogP contribution in [0.25, 0.3) is 0 Å². The molecule has 2 aromatic rings. The molecule has 0 saturated carbocycles. The lowest BCUT2D eigenvalue weighted by Crippen LogP contribution is -2.67. The van der Waals surface area contributed by atoms with Gasteiger partial charge in [-0.2, -0.15) is 0 Å². The molecule has 1 heterocycles. The van der Waals surface area contributed by atoms with Gasteiger partial charge in [0.25, 0.3) is 8.32 Å². The standard InChI is InChI=1S/C27H39O6PSi/c1-27(2,3)35(25-12-8-6-9-13-25,26-14-10-7-11-15-26)32-20-24-19-18-23(33-24)17-16-22(28)21-34(29,30-4)31-5/h6-15,23-24H,16-21H2,1-5H3/t23-,24?/m0/s1. The fourth-order valence-corrected chi connectivity index (χ4v) is 10.5. The first-order valence-electron chi connectivity index (χ1n) is 12.3. The van der Waals surface area contributed by atoms with E-state index in [4.69, 9.17) is 18.2 Å². The minimum absolute atomic E-state index is 0.00354. The number of hydrogen-bond acceptors (Lipinski definition) is 6. The summed E-state index contributed by atoms with van der Waals surface area (Å²) in [5.74, 6) is -0.132. The largest absolute Gasteiger partial charge is 0.405 e. The smallest absolute Gasteiger partial charge is 0.337 e. The average Bonchev–Trinajstić information content (AvgIpc) is 3.31. The van der Waals surface area contributed by atoms with E-state index in [0.717, 1.165) is 12.8 Å². The summed E-state index contributed by atoms with van der Waals surface area (Å²) in [5.41, 5.74) is 0. The maximum Gasteiger partial charge on any atom is 0.337 e. The normalized spacial score (nSPS) is 19.1. The van der Waals surface area contributed by atoms with Crippen molar-refractivity contribution in [3.63, 3.8) is 0 Å². The van der Waals surface area contributed by atoms with Crippen LogP contribution in [0.5, 0.6) is 0 Å². The number of carbonyl (C=O) groups excluding carboxylic acids is 1. The maximum atomic E-state index is 12.3. The van der Waals surface area contributed by atoms with Gasteiger partial charge in [-0.15, -0.1) is 0 Å². The Balaban J connectivity index is 1.67. The molecule has 0 bridgehead atoms. The van der Waals surface area contributed by atoms with Crippen molar-refractivity contribution in [3.8, 4) is 0 Å². The zero-order valence-electron chi connectivity index (χ0n) is 21.6. The second-order valence-corrected chi connectivity index (χ2v) is 16.7. The summed E-state index contributed by atoms with van der Waals surface area (Å²) in [7, 11) is -3.32. The van der Waals surface area contributed by atoms with Gasteiger partial charge in [-0.3, -0.25) is 9.36 Å². The summed E-state index contributed by atoms with van der Waals surface area (Å²) in [5, 5.41) is 2.41. The van der Waals surface area contributed by atoms with Crippen molar-refractivity contribution in [1.29, 1.82) is 0 Å². The molecule has 0 amide bonds. The molecule has 192 valence electrons. The van der Waals surface area contributed by atoms with E-state index in [9.17, 15) is 9.36 Å². The van der Waals surface area contributed by atoms with Crippen molar-refractivity contribution in [3.05, 3.63) is 60.7 Å². The van der Waals surface area contributed by atoms with Crippen LogP contribution in [0, 0.1) is 0 Å². The molecule has 3 rings (SSSR count). The van der Waals surface area contributed by atoms with Crippen molar-refractivity contribution >= 4 is 32.1 Å². The minimum atomic E-state index is -3.32. The number of ketones is 1. The Hall–Kier alpha value is -1.60. The molecular formula is C27H39O6PSi. The number of carbonyl (C=O) groups is 1. The van der Waals surface area contributed by atoms with E-state index in [1.807, 2.05) is 12.1 Å². The van der Waals surface area contributed by atoms with Gasteiger partial charge in [0.2, 0.25) is 0 Å². The Morgan fingerprint density at radius 1 is 0.943 bits per heavy atom. The van der Waals surface area contributed by atoms with E-state index >= 15 is 0 Å². The van der Waals surface area contributed by atoms with E-state index in [0.29, 0.717) is 19.4 Å². The van der Waals surface area contributed by atoms with Crippen LogP contribution < -0.4 is 10.4 Å². The topological polar surface area (TPSA) is 71.1 Å². The summed E-state index contributed by atoms with van der Waals surface area (Å²) >= 11 is 0. The highest BCUT2D eigenvalue weighted by Gasteiger charge is 2.50. The van der Waals surface area contributed by atoms with Crippen LogP contribution in [-0.4, -0.2) is 53.3 Å². The predicted octanol–water partition coefficient (Wildman–Crippen LogP) is 4.95. The average molecular weight is 519 g/mol. The third kappa shape index (κ3) is 6.79. The third-order valence-electron chi connectivity index (χ3n) is 6.77. The summed E-state index contributed by atoms with van der Waals surface area (Å²) in [4.78, 5) is 12.3. The van der Waals surface area contributed by atoms with Gasteiger partial charge in [-0.1, -0.05) is 81.4 Å². The summed E-state index contributed by atoms with van der Waals surface area (Å²) in [6, 6.07) is 21.2. The van der Waals surface area contributed by atoms with Crippen LogP contribution in [0.4, 0.5) is 0 Å². The molecular weight excluding hydrogens is 479 g/mol. The SMILES string of the molecule is COP(=O)(CC(=O)CC[C@H]1CCC(CO[Si](c2ccccc2)(c2ccccc2)C(C)(C)C)O1)OC. The lowest BCUT2D eigenvalue weighted by molar-refractivity contribution is -0.117. The molecule has 2 aromatic carbocycles. The first-order chi connectivity index (χ1) is 16.6. The van der Waals surface area contributed by atoms with Crippen LogP contribution in [0.2, 0.25) is 5.04 Å². The highest BCUT2D eigenvalue weighted by Crippen LogP contribution is 2.46. The Morgan fingerprint density at radius 2 is 1.46 bits per heavy atom. The third-order valence-corrected chi connectivity index (χ3v) is 13.6. The van der Waals surface area contributed by atoms with Gasteiger partial charge in [0.1, 0.15) is 11.9 Å². The molecule has 1 fully saturated rings. The molecule has 1 saturated heterocycles. The number of hydrogen-bond donors (Lipinski definition) is 0. The predicted molar refractivity (Wildman–Crippen MR) is 142 cm³/mol. The number of ether oxygens (including phenoxy) is 1. The fraction of sp³-hybridized carbons (Fsp3) is 0.519. The molecule has 8 heteroatoms.